The van der Waals surface area contributed by atoms with E-state index in [2.05, 4.69) is 18.0 Å². The van der Waals surface area contributed by atoms with Crippen LogP contribution in [0.5, 0.6) is 11.5 Å². The van der Waals surface area contributed by atoms with Gasteiger partial charge in [-0.15, -0.1) is 0 Å². The van der Waals surface area contributed by atoms with E-state index in [-0.39, 0.29) is 11.6 Å². The quantitative estimate of drug-likeness (QED) is 0.905. The maximum atomic E-state index is 6.19. The highest BCUT2D eigenvalue weighted by Gasteiger charge is 2.22. The fourth-order valence-electron chi connectivity index (χ4n) is 2.80. The molecule has 0 radical (unpaired) electrons. The standard InChI is InChI=1S/C17H28N2O2/c1-17(2,18)12-13-6-5-7-15(16(13)20-4)21-14-8-10-19(3)11-9-14/h5-7,14H,8-12,18H2,1-4H3. The molecule has 2 N–H and O–H groups in total. The molecule has 0 unspecified atom stereocenters. The number of likely N-dealkylation sites (tertiary alicyclic amines) is 1. The summed E-state index contributed by atoms with van der Waals surface area (Å²) in [7, 11) is 3.85. The molecule has 1 fully saturated rings. The van der Waals surface area contributed by atoms with Gasteiger partial charge in [-0.25, -0.2) is 0 Å². The van der Waals surface area contributed by atoms with Crippen LogP contribution in [0.3, 0.4) is 0 Å². The van der Waals surface area contributed by atoms with Crippen LogP contribution < -0.4 is 15.2 Å². The molecule has 21 heavy (non-hydrogen) atoms. The number of rotatable bonds is 5. The fraction of sp³-hybridized carbons (Fsp3) is 0.647. The van der Waals surface area contributed by atoms with Crippen molar-refractivity contribution in [2.75, 3.05) is 27.2 Å². The van der Waals surface area contributed by atoms with Crippen LogP contribution in [0.2, 0.25) is 0 Å². The lowest BCUT2D eigenvalue weighted by Gasteiger charge is -2.30. The van der Waals surface area contributed by atoms with Crippen LogP contribution in [0.25, 0.3) is 0 Å². The number of hydrogen-bond acceptors (Lipinski definition) is 4. The van der Waals surface area contributed by atoms with Crippen LogP contribution >= 0.6 is 0 Å². The molecule has 1 aromatic carbocycles. The van der Waals surface area contributed by atoms with Crippen molar-refractivity contribution < 1.29 is 9.47 Å². The van der Waals surface area contributed by atoms with Crippen molar-refractivity contribution in [2.45, 2.75) is 44.8 Å². The molecule has 0 amide bonds. The number of piperidine rings is 1. The minimum Gasteiger partial charge on any atom is -0.493 e. The summed E-state index contributed by atoms with van der Waals surface area (Å²) < 4.78 is 11.8. The lowest BCUT2D eigenvalue weighted by Crippen LogP contribution is -2.36. The first-order valence-electron chi connectivity index (χ1n) is 7.69. The summed E-state index contributed by atoms with van der Waals surface area (Å²) in [6.07, 6.45) is 3.16. The number of ether oxygens (including phenoxy) is 2. The summed E-state index contributed by atoms with van der Waals surface area (Å²) in [5.41, 5.74) is 6.98. The monoisotopic (exact) mass is 292 g/mol. The van der Waals surface area contributed by atoms with Gasteiger partial charge in [0, 0.05) is 18.6 Å². The van der Waals surface area contributed by atoms with Crippen LogP contribution in [-0.2, 0) is 6.42 Å². The number of hydrogen-bond donors (Lipinski definition) is 1. The summed E-state index contributed by atoms with van der Waals surface area (Å²) in [4.78, 5) is 2.34. The van der Waals surface area contributed by atoms with Crippen molar-refractivity contribution in [1.82, 2.24) is 4.90 Å². The maximum absolute atomic E-state index is 6.19. The largest absolute Gasteiger partial charge is 0.493 e. The van der Waals surface area contributed by atoms with Gasteiger partial charge in [-0.3, -0.25) is 0 Å². The minimum absolute atomic E-state index is 0.264. The smallest absolute Gasteiger partial charge is 0.163 e. The molecule has 118 valence electrons. The third kappa shape index (κ3) is 4.61. The molecule has 4 heteroatoms. The van der Waals surface area contributed by atoms with Gasteiger partial charge < -0.3 is 20.1 Å². The summed E-state index contributed by atoms with van der Waals surface area (Å²) in [6.45, 7) is 6.22. The van der Waals surface area contributed by atoms with E-state index in [0.717, 1.165) is 49.4 Å². The van der Waals surface area contributed by atoms with E-state index in [0.29, 0.717) is 0 Å². The Morgan fingerprint density at radius 2 is 1.95 bits per heavy atom. The predicted octanol–water partition coefficient (Wildman–Crippen LogP) is 2.45. The zero-order chi connectivity index (χ0) is 15.5. The van der Waals surface area contributed by atoms with Crippen LogP contribution in [0, 0.1) is 0 Å². The van der Waals surface area contributed by atoms with Gasteiger partial charge in [-0.05, 0) is 51.8 Å². The molecule has 0 atom stereocenters. The highest BCUT2D eigenvalue weighted by atomic mass is 16.5. The normalized spacial score (nSPS) is 17.8. The van der Waals surface area contributed by atoms with E-state index in [1.165, 1.54) is 0 Å². The number of nitrogens with two attached hydrogens (primary N) is 1. The highest BCUT2D eigenvalue weighted by Crippen LogP contribution is 2.34. The topological polar surface area (TPSA) is 47.7 Å². The summed E-state index contributed by atoms with van der Waals surface area (Å²) in [6, 6.07) is 6.08. The first-order chi connectivity index (χ1) is 9.89. The van der Waals surface area contributed by atoms with Crippen molar-refractivity contribution in [3.05, 3.63) is 23.8 Å². The zero-order valence-electron chi connectivity index (χ0n) is 13.7. The molecular formula is C17H28N2O2. The van der Waals surface area contributed by atoms with E-state index in [1.807, 2.05) is 26.0 Å². The first kappa shape index (κ1) is 16.1. The zero-order valence-corrected chi connectivity index (χ0v) is 13.7. The van der Waals surface area contributed by atoms with Crippen molar-refractivity contribution in [2.24, 2.45) is 5.73 Å². The average Bonchev–Trinajstić information content (AvgIpc) is 2.40. The Morgan fingerprint density at radius 1 is 1.29 bits per heavy atom. The summed E-state index contributed by atoms with van der Waals surface area (Å²) in [5.74, 6) is 1.67. The Kier molecular flexibility index (Phi) is 5.12. The van der Waals surface area contributed by atoms with Gasteiger partial charge in [0.25, 0.3) is 0 Å². The van der Waals surface area contributed by atoms with Crippen LogP contribution in [-0.4, -0.2) is 43.8 Å². The van der Waals surface area contributed by atoms with Gasteiger partial charge in [0.1, 0.15) is 6.10 Å². The molecule has 1 aliphatic heterocycles. The number of para-hydroxylation sites is 1. The highest BCUT2D eigenvalue weighted by molar-refractivity contribution is 5.47. The van der Waals surface area contributed by atoms with Crippen molar-refractivity contribution in [1.29, 1.82) is 0 Å². The van der Waals surface area contributed by atoms with Gasteiger partial charge >= 0.3 is 0 Å². The Balaban J connectivity index is 2.13. The second-order valence-corrected chi connectivity index (χ2v) is 6.73. The molecule has 0 aliphatic carbocycles. The molecule has 0 spiro atoms. The Morgan fingerprint density at radius 3 is 2.52 bits per heavy atom. The van der Waals surface area contributed by atoms with Gasteiger partial charge in [0.2, 0.25) is 0 Å². The molecule has 1 aromatic rings. The number of methoxy groups -OCH3 is 1. The number of benzene rings is 1. The molecule has 1 aliphatic rings. The lowest BCUT2D eigenvalue weighted by atomic mass is 9.95. The molecule has 0 bridgehead atoms. The predicted molar refractivity (Wildman–Crippen MR) is 86.1 cm³/mol. The van der Waals surface area contributed by atoms with E-state index < -0.39 is 0 Å². The van der Waals surface area contributed by atoms with Crippen molar-refractivity contribution in [3.8, 4) is 11.5 Å². The van der Waals surface area contributed by atoms with Crippen LogP contribution in [0.4, 0.5) is 0 Å². The average molecular weight is 292 g/mol. The Hall–Kier alpha value is -1.26. The van der Waals surface area contributed by atoms with E-state index in [4.69, 9.17) is 15.2 Å². The summed E-state index contributed by atoms with van der Waals surface area (Å²) in [5, 5.41) is 0. The minimum atomic E-state index is -0.264. The van der Waals surface area contributed by atoms with Crippen molar-refractivity contribution >= 4 is 0 Å². The van der Waals surface area contributed by atoms with Crippen LogP contribution in [0.15, 0.2) is 18.2 Å². The summed E-state index contributed by atoms with van der Waals surface area (Å²) >= 11 is 0. The van der Waals surface area contributed by atoms with Crippen molar-refractivity contribution in [3.63, 3.8) is 0 Å². The molecule has 0 saturated carbocycles. The molecule has 1 heterocycles. The SMILES string of the molecule is COc1c(CC(C)(C)N)cccc1OC1CCN(C)CC1. The first-order valence-corrected chi connectivity index (χ1v) is 7.69. The van der Waals surface area contributed by atoms with Gasteiger partial charge in [0.05, 0.1) is 7.11 Å². The van der Waals surface area contributed by atoms with E-state index in [9.17, 15) is 0 Å². The molecule has 4 nitrogen and oxygen atoms in total. The van der Waals surface area contributed by atoms with Gasteiger partial charge in [-0.2, -0.15) is 0 Å². The lowest BCUT2D eigenvalue weighted by molar-refractivity contribution is 0.111. The molecule has 2 rings (SSSR count). The maximum Gasteiger partial charge on any atom is 0.163 e. The fourth-order valence-corrected chi connectivity index (χ4v) is 2.80. The second kappa shape index (κ2) is 6.67. The molecule has 0 aromatic heterocycles. The van der Waals surface area contributed by atoms with Gasteiger partial charge in [0.15, 0.2) is 11.5 Å². The molecular weight excluding hydrogens is 264 g/mol. The third-order valence-corrected chi connectivity index (χ3v) is 3.87. The van der Waals surface area contributed by atoms with E-state index >= 15 is 0 Å². The van der Waals surface area contributed by atoms with Gasteiger partial charge in [-0.1, -0.05) is 12.1 Å². The van der Waals surface area contributed by atoms with E-state index in [1.54, 1.807) is 7.11 Å². The Labute approximate surface area is 128 Å². The van der Waals surface area contributed by atoms with Crippen LogP contribution in [0.1, 0.15) is 32.3 Å². The second-order valence-electron chi connectivity index (χ2n) is 6.73. The molecule has 1 saturated heterocycles. The number of nitrogens with zero attached hydrogens (tertiary/aromatic N) is 1. The Bertz CT molecular complexity index is 460. The third-order valence-electron chi connectivity index (χ3n) is 3.87.